The molecule has 0 unspecified atom stereocenters. The van der Waals surface area contributed by atoms with Gasteiger partial charge in [0.05, 0.1) is 23.9 Å². The Kier molecular flexibility index (Phi) is 7.80. The number of nitrogens with two attached hydrogens (primary N) is 1. The van der Waals surface area contributed by atoms with Crippen molar-refractivity contribution >= 4 is 40.7 Å². The number of rotatable bonds is 7. The molecule has 13 nitrogen and oxygen atoms in total. The van der Waals surface area contributed by atoms with Crippen molar-refractivity contribution in [1.82, 2.24) is 4.90 Å². The quantitative estimate of drug-likeness (QED) is 0.156. The highest BCUT2D eigenvalue weighted by Gasteiger charge is 2.64. The Morgan fingerprint density at radius 1 is 1.17 bits per heavy atom. The molecule has 0 radical (unpaired) electrons. The number of hydrogen-bond acceptors (Lipinski definition) is 11. The van der Waals surface area contributed by atoms with Crippen LogP contribution in [0.1, 0.15) is 37.3 Å². The molecule has 3 aliphatic rings. The normalized spacial score (nSPS) is 25.5. The smallest absolute Gasteiger partial charge is 0.411 e. The highest BCUT2D eigenvalue weighted by atomic mass is 16.5. The zero-order valence-electron chi connectivity index (χ0n) is 23.6. The predicted octanol–water partition coefficient (Wildman–Crippen LogP) is 1.38. The van der Waals surface area contributed by atoms with E-state index >= 15 is 0 Å². The van der Waals surface area contributed by atoms with Gasteiger partial charge < -0.3 is 35.8 Å². The second-order valence-corrected chi connectivity index (χ2v) is 11.1. The summed E-state index contributed by atoms with van der Waals surface area (Å²) in [6, 6.07) is 0.356. The molecular formula is C28H36N4O9. The Balaban J connectivity index is 1.90. The maximum atomic E-state index is 14.0. The number of aromatic hydroxyl groups is 1. The number of hydrogen-bond donors (Lipinski definition) is 6. The summed E-state index contributed by atoms with van der Waals surface area (Å²) in [5.41, 5.74) is 2.27. The minimum absolute atomic E-state index is 0.0247. The third kappa shape index (κ3) is 4.58. The molecule has 7 N–H and O–H groups in total. The number of nitrogens with zero attached hydrogens (tertiary/aromatic N) is 2. The molecule has 3 aliphatic carbocycles. The van der Waals surface area contributed by atoms with Crippen LogP contribution in [-0.4, -0.2) is 95.3 Å². The lowest BCUT2D eigenvalue weighted by atomic mass is 9.57. The van der Waals surface area contributed by atoms with Crippen molar-refractivity contribution in [2.24, 2.45) is 17.6 Å². The number of benzene rings is 1. The first kappa shape index (κ1) is 29.9. The molecule has 0 spiro atoms. The predicted molar refractivity (Wildman–Crippen MR) is 148 cm³/mol. The summed E-state index contributed by atoms with van der Waals surface area (Å²) in [5.74, 6) is -7.44. The SMILES string of the molecule is CCCCOC(=O)Nc1cc(N(C)C)c2c(c1O)C(O)=C1C(=O)[C@]3(O)C(O)=C(C(N)=O)C(=O)[C@@H](N(C)C)[C@@H]3C[C@H]1C2. The van der Waals surface area contributed by atoms with Crippen molar-refractivity contribution in [1.29, 1.82) is 0 Å². The molecule has 0 saturated heterocycles. The van der Waals surface area contributed by atoms with E-state index in [1.165, 1.54) is 25.1 Å². The first-order valence-electron chi connectivity index (χ1n) is 13.3. The van der Waals surface area contributed by atoms with Crippen LogP contribution in [0.3, 0.4) is 0 Å². The van der Waals surface area contributed by atoms with E-state index in [0.29, 0.717) is 17.7 Å². The number of amides is 2. The van der Waals surface area contributed by atoms with Gasteiger partial charge in [0.2, 0.25) is 5.78 Å². The van der Waals surface area contributed by atoms with Gasteiger partial charge in [0.25, 0.3) is 5.91 Å². The fourth-order valence-electron chi connectivity index (χ4n) is 6.24. The summed E-state index contributed by atoms with van der Waals surface area (Å²) in [5, 5.41) is 47.9. The van der Waals surface area contributed by atoms with Crippen LogP contribution >= 0.6 is 0 Å². The molecule has 0 heterocycles. The molecule has 1 fully saturated rings. The zero-order chi connectivity index (χ0) is 30.5. The maximum absolute atomic E-state index is 14.0. The number of carbonyl (C=O) groups is 4. The molecule has 1 aromatic carbocycles. The van der Waals surface area contributed by atoms with Crippen LogP contribution < -0.4 is 16.0 Å². The average Bonchev–Trinajstić information content (AvgIpc) is 2.87. The Labute approximate surface area is 236 Å². The van der Waals surface area contributed by atoms with E-state index in [4.69, 9.17) is 10.5 Å². The van der Waals surface area contributed by atoms with Crippen LogP contribution in [0.15, 0.2) is 23.0 Å². The number of aliphatic hydroxyl groups excluding tert-OH is 2. The van der Waals surface area contributed by atoms with Crippen molar-refractivity contribution in [3.8, 4) is 5.75 Å². The minimum Gasteiger partial charge on any atom is -0.508 e. The van der Waals surface area contributed by atoms with Gasteiger partial charge in [-0.05, 0) is 50.9 Å². The fourth-order valence-corrected chi connectivity index (χ4v) is 6.24. The monoisotopic (exact) mass is 572 g/mol. The minimum atomic E-state index is -2.73. The van der Waals surface area contributed by atoms with Crippen LogP contribution in [0.4, 0.5) is 16.2 Å². The first-order valence-corrected chi connectivity index (χ1v) is 13.3. The highest BCUT2D eigenvalue weighted by Crippen LogP contribution is 2.54. The lowest BCUT2D eigenvalue weighted by molar-refractivity contribution is -0.153. The number of fused-ring (bicyclic) bond motifs is 3. The lowest BCUT2D eigenvalue weighted by Gasteiger charge is -2.50. The van der Waals surface area contributed by atoms with Crippen molar-refractivity contribution in [2.75, 3.05) is 45.0 Å². The first-order chi connectivity index (χ1) is 19.2. The summed E-state index contributed by atoms with van der Waals surface area (Å²) < 4.78 is 5.13. The molecule has 41 heavy (non-hydrogen) atoms. The third-order valence-corrected chi connectivity index (χ3v) is 8.15. The van der Waals surface area contributed by atoms with E-state index in [2.05, 4.69) is 5.32 Å². The number of ether oxygens (including phenoxy) is 1. The molecule has 1 aromatic rings. The Bertz CT molecular complexity index is 1400. The second-order valence-electron chi connectivity index (χ2n) is 11.1. The molecule has 0 bridgehead atoms. The topological polar surface area (TPSA) is 203 Å². The van der Waals surface area contributed by atoms with Gasteiger partial charge in [-0.3, -0.25) is 24.6 Å². The summed E-state index contributed by atoms with van der Waals surface area (Å²) in [4.78, 5) is 54.9. The Hall–Kier alpha value is -4.10. The summed E-state index contributed by atoms with van der Waals surface area (Å²) in [7, 11) is 6.54. The number of ketones is 2. The summed E-state index contributed by atoms with van der Waals surface area (Å²) in [6.07, 6.45) is 0.730. The standard InChI is InChI=1S/C28H36N4O9/c1-6-7-8-41-27(39)30-15-11-16(31(2)3)13-9-12-10-14-20(32(4)5)23(35)19(26(29)38)25(37)28(14,40)24(36)17(12)22(34)18(13)21(15)33/h11-12,14,20,33-34,37,40H,6-10H2,1-5H3,(H2,29,38)(H,30,39)/t12-,14+,20+,28+/m1/s1. The Morgan fingerprint density at radius 2 is 1.83 bits per heavy atom. The van der Waals surface area contributed by atoms with Gasteiger partial charge in [0.1, 0.15) is 17.1 Å². The van der Waals surface area contributed by atoms with Crippen LogP contribution in [0.25, 0.3) is 5.76 Å². The van der Waals surface area contributed by atoms with Crippen LogP contribution in [0.2, 0.25) is 0 Å². The average molecular weight is 573 g/mol. The number of aliphatic hydroxyl groups is 3. The van der Waals surface area contributed by atoms with E-state index in [9.17, 15) is 39.6 Å². The summed E-state index contributed by atoms with van der Waals surface area (Å²) >= 11 is 0. The molecule has 0 aliphatic heterocycles. The molecule has 4 atom stereocenters. The van der Waals surface area contributed by atoms with Gasteiger partial charge in [-0.15, -0.1) is 0 Å². The molecule has 13 heteroatoms. The van der Waals surface area contributed by atoms with Crippen LogP contribution in [-0.2, 0) is 25.5 Å². The molecular weight excluding hydrogens is 536 g/mol. The van der Waals surface area contributed by atoms with Crippen molar-refractivity contribution in [3.63, 3.8) is 0 Å². The van der Waals surface area contributed by atoms with Gasteiger partial charge >= 0.3 is 6.09 Å². The number of Topliss-reactive ketones (excluding diaryl/α,β-unsaturated/α-hetero) is 2. The van der Waals surface area contributed by atoms with Crippen LogP contribution in [0, 0.1) is 11.8 Å². The number of unbranched alkanes of at least 4 members (excludes halogenated alkanes) is 1. The second kappa shape index (κ2) is 10.7. The third-order valence-electron chi connectivity index (χ3n) is 8.15. The van der Waals surface area contributed by atoms with E-state index < -0.39 is 69.9 Å². The molecule has 4 rings (SSSR count). The maximum Gasteiger partial charge on any atom is 0.411 e. The van der Waals surface area contributed by atoms with E-state index in [1.807, 2.05) is 6.92 Å². The van der Waals surface area contributed by atoms with E-state index in [1.54, 1.807) is 19.0 Å². The zero-order valence-corrected chi connectivity index (χ0v) is 23.6. The van der Waals surface area contributed by atoms with E-state index in [-0.39, 0.29) is 36.3 Å². The van der Waals surface area contributed by atoms with Gasteiger partial charge in [-0.2, -0.15) is 0 Å². The van der Waals surface area contributed by atoms with Gasteiger partial charge in [-0.25, -0.2) is 4.79 Å². The van der Waals surface area contributed by atoms with Crippen molar-refractivity contribution in [2.45, 2.75) is 44.2 Å². The number of primary amides is 1. The fraction of sp³-hybridized carbons (Fsp3) is 0.500. The molecule has 222 valence electrons. The van der Waals surface area contributed by atoms with Crippen LogP contribution in [0.5, 0.6) is 5.75 Å². The molecule has 1 saturated carbocycles. The van der Waals surface area contributed by atoms with Gasteiger partial charge in [0.15, 0.2) is 17.1 Å². The number of anilines is 2. The summed E-state index contributed by atoms with van der Waals surface area (Å²) in [6.45, 7) is 2.10. The number of phenolic OH excluding ortho intramolecular Hbond substituents is 1. The lowest BCUT2D eigenvalue weighted by Crippen LogP contribution is -2.65. The number of carbonyl (C=O) groups excluding carboxylic acids is 4. The number of likely N-dealkylation sites (N-methyl/N-ethyl adjacent to an activating group) is 1. The van der Waals surface area contributed by atoms with Gasteiger partial charge in [0, 0.05) is 31.3 Å². The number of phenols is 1. The molecule has 0 aromatic heterocycles. The number of nitrogens with one attached hydrogen (secondary N) is 1. The van der Waals surface area contributed by atoms with E-state index in [0.717, 1.165) is 6.42 Å². The highest BCUT2D eigenvalue weighted by molar-refractivity contribution is 6.24. The molecule has 2 amide bonds. The van der Waals surface area contributed by atoms with Crippen molar-refractivity contribution < 1.29 is 44.3 Å². The van der Waals surface area contributed by atoms with Crippen molar-refractivity contribution in [3.05, 3.63) is 34.1 Å². The Morgan fingerprint density at radius 3 is 2.39 bits per heavy atom. The largest absolute Gasteiger partial charge is 0.508 e. The van der Waals surface area contributed by atoms with Gasteiger partial charge in [-0.1, -0.05) is 13.3 Å².